The van der Waals surface area contributed by atoms with Crippen LogP contribution in [0.5, 0.6) is 0 Å². The van der Waals surface area contributed by atoms with E-state index in [-0.39, 0.29) is 0 Å². The summed E-state index contributed by atoms with van der Waals surface area (Å²) in [6.07, 6.45) is 1.54. The van der Waals surface area contributed by atoms with Gasteiger partial charge in [-0.3, -0.25) is 0 Å². The van der Waals surface area contributed by atoms with Crippen LogP contribution in [0.4, 0.5) is 0 Å². The fraction of sp³-hybridized carbons (Fsp3) is 0. The first-order valence-electron chi connectivity index (χ1n) is 1.80. The molecule has 0 fully saturated rings. The van der Waals surface area contributed by atoms with Crippen molar-refractivity contribution in [2.75, 3.05) is 0 Å². The molecule has 2 nitrogen and oxygen atoms in total. The molecule has 0 aromatic carbocycles. The maximum absolute atomic E-state index is 4.58. The smallest absolute Gasteiger partial charge is 0.221 e. The molecule has 0 atom stereocenters. The van der Waals surface area contributed by atoms with Crippen molar-refractivity contribution >= 4 is 12.2 Å². The number of hydrogen-bond donors (Lipinski definition) is 0. The van der Waals surface area contributed by atoms with E-state index in [1.807, 2.05) is 0 Å². The molecule has 0 unspecified atom stereocenters. The minimum atomic E-state index is 0.419. The second-order valence-corrected chi connectivity index (χ2v) is 1.43. The van der Waals surface area contributed by atoms with E-state index in [1.165, 1.54) is 6.20 Å². The molecule has 0 saturated carbocycles. The molecule has 1 aromatic heterocycles. The lowest BCUT2D eigenvalue weighted by atomic mass is 10.6. The number of aromatic nitrogens is 1. The molecule has 0 aliphatic carbocycles. The van der Waals surface area contributed by atoms with Crippen molar-refractivity contribution in [3.8, 4) is 0 Å². The van der Waals surface area contributed by atoms with Crippen molar-refractivity contribution in [3.63, 3.8) is 0 Å². The molecule has 1 rings (SSSR count). The predicted molar refractivity (Wildman–Crippen MR) is 27.3 cm³/mol. The highest BCUT2D eigenvalue weighted by molar-refractivity contribution is 7.71. The van der Waals surface area contributed by atoms with Gasteiger partial charge in [0, 0.05) is 0 Å². The van der Waals surface area contributed by atoms with E-state index in [4.69, 9.17) is 0 Å². The Morgan fingerprint density at radius 3 is 2.86 bits per heavy atom. The van der Waals surface area contributed by atoms with Crippen LogP contribution in [0.1, 0.15) is 0 Å². The van der Waals surface area contributed by atoms with Crippen molar-refractivity contribution < 1.29 is 4.52 Å². The lowest BCUT2D eigenvalue weighted by molar-refractivity contribution is 0.387. The third-order valence-electron chi connectivity index (χ3n) is 0.522. The van der Waals surface area contributed by atoms with Gasteiger partial charge in [-0.05, 0) is 24.4 Å². The molecular weight excluding hydrogens is 110 g/mol. The molecule has 3 heteroatoms. The Hall–Kier alpha value is -0.700. The maximum atomic E-state index is 4.58. The molecule has 0 N–H and O–H groups in total. The van der Waals surface area contributed by atoms with Crippen LogP contribution in [0, 0.1) is 4.71 Å². The van der Waals surface area contributed by atoms with Crippen LogP contribution in [0.25, 0.3) is 0 Å². The van der Waals surface area contributed by atoms with E-state index >= 15 is 0 Å². The molecule has 36 valence electrons. The highest BCUT2D eigenvalue weighted by Crippen LogP contribution is 1.82. The molecule has 0 aliphatic heterocycles. The summed E-state index contributed by atoms with van der Waals surface area (Å²) in [4.78, 5) is 0. The average molecular weight is 113 g/mol. The molecule has 1 heterocycles. The lowest BCUT2D eigenvalue weighted by Gasteiger charge is -1.73. The Bertz CT molecular complexity index is 177. The summed E-state index contributed by atoms with van der Waals surface area (Å²) in [5.41, 5.74) is 0. The summed E-state index contributed by atoms with van der Waals surface area (Å²) < 4.78 is 4.91. The maximum Gasteiger partial charge on any atom is 0.221 e. The van der Waals surface area contributed by atoms with Crippen LogP contribution < -0.4 is 0 Å². The van der Waals surface area contributed by atoms with Crippen LogP contribution in [0.3, 0.4) is 0 Å². The Morgan fingerprint density at radius 1 is 1.71 bits per heavy atom. The summed E-state index contributed by atoms with van der Waals surface area (Å²) in [5.74, 6) is 0. The van der Waals surface area contributed by atoms with Gasteiger partial charge in [-0.25, -0.2) is 0 Å². The second kappa shape index (κ2) is 1.84. The quantitative estimate of drug-likeness (QED) is 0.476. The first-order chi connectivity index (χ1) is 3.39. The summed E-state index contributed by atoms with van der Waals surface area (Å²) in [7, 11) is 0. The summed E-state index contributed by atoms with van der Waals surface area (Å²) in [6.45, 7) is 0. The molecule has 0 aliphatic rings. The van der Waals surface area contributed by atoms with Gasteiger partial charge < -0.3 is 4.52 Å². The van der Waals surface area contributed by atoms with Crippen molar-refractivity contribution in [1.29, 1.82) is 0 Å². The minimum absolute atomic E-state index is 0.419. The zero-order chi connectivity index (χ0) is 5.11. The predicted octanol–water partition coefficient (Wildman–Crippen LogP) is 1.40. The Labute approximate surface area is 45.8 Å². The van der Waals surface area contributed by atoms with E-state index in [1.54, 1.807) is 12.1 Å². The summed E-state index contributed by atoms with van der Waals surface area (Å²) in [5, 5.41) is 3.41. The van der Waals surface area contributed by atoms with E-state index in [9.17, 15) is 0 Å². The number of nitrogens with zero attached hydrogens (tertiary/aromatic N) is 1. The zero-order valence-corrected chi connectivity index (χ0v) is 4.31. The van der Waals surface area contributed by atoms with Crippen molar-refractivity contribution in [3.05, 3.63) is 23.0 Å². The topological polar surface area (TPSA) is 26.0 Å². The van der Waals surface area contributed by atoms with E-state index < -0.39 is 0 Å². The molecule has 0 spiro atoms. The van der Waals surface area contributed by atoms with Gasteiger partial charge in [0.05, 0.1) is 6.20 Å². The second-order valence-electron chi connectivity index (χ2n) is 1.02. The number of hydrogen-bond acceptors (Lipinski definition) is 3. The molecule has 0 radical (unpaired) electrons. The van der Waals surface area contributed by atoms with Gasteiger partial charge in [-0.15, -0.1) is 0 Å². The highest BCUT2D eigenvalue weighted by atomic mass is 32.1. The summed E-state index contributed by atoms with van der Waals surface area (Å²) >= 11 is 4.58. The van der Waals surface area contributed by atoms with Gasteiger partial charge in [-0.1, -0.05) is 5.16 Å². The third-order valence-corrected chi connectivity index (χ3v) is 0.733. The Kier molecular flexibility index (Phi) is 1.17. The highest BCUT2D eigenvalue weighted by Gasteiger charge is 1.70. The van der Waals surface area contributed by atoms with Gasteiger partial charge in [0.15, 0.2) is 0 Å². The third kappa shape index (κ3) is 1.08. The SMILES string of the molecule is S=c1cccno1. The molecule has 1 aromatic rings. The first kappa shape index (κ1) is 4.46. The molecular formula is C4H3NOS. The van der Waals surface area contributed by atoms with Crippen LogP contribution in [0.2, 0.25) is 0 Å². The standard InChI is InChI=1S/C4H3NOS/c7-4-2-1-3-5-6-4/h1-3H. The van der Waals surface area contributed by atoms with Gasteiger partial charge >= 0.3 is 0 Å². The fourth-order valence-corrected chi connectivity index (χ4v) is 0.391. The van der Waals surface area contributed by atoms with Crippen molar-refractivity contribution in [2.24, 2.45) is 0 Å². The van der Waals surface area contributed by atoms with Crippen LogP contribution >= 0.6 is 12.2 Å². The van der Waals surface area contributed by atoms with Gasteiger partial charge in [0.1, 0.15) is 0 Å². The van der Waals surface area contributed by atoms with Gasteiger partial charge in [-0.2, -0.15) is 0 Å². The Balaban J connectivity index is 3.28. The first-order valence-corrected chi connectivity index (χ1v) is 2.21. The molecule has 0 saturated heterocycles. The van der Waals surface area contributed by atoms with Crippen molar-refractivity contribution in [1.82, 2.24) is 5.16 Å². The fourth-order valence-electron chi connectivity index (χ4n) is 0.270. The molecule has 0 amide bonds. The molecule has 0 bridgehead atoms. The zero-order valence-electron chi connectivity index (χ0n) is 3.50. The van der Waals surface area contributed by atoms with Crippen LogP contribution in [-0.2, 0) is 0 Å². The van der Waals surface area contributed by atoms with E-state index in [2.05, 4.69) is 21.9 Å². The van der Waals surface area contributed by atoms with Crippen LogP contribution in [-0.4, -0.2) is 5.16 Å². The molecule has 7 heavy (non-hydrogen) atoms. The average Bonchev–Trinajstić information content (AvgIpc) is 1.69. The minimum Gasteiger partial charge on any atom is -0.345 e. The van der Waals surface area contributed by atoms with E-state index in [0.29, 0.717) is 4.71 Å². The largest absolute Gasteiger partial charge is 0.345 e. The number of rotatable bonds is 0. The van der Waals surface area contributed by atoms with Gasteiger partial charge in [0.25, 0.3) is 0 Å². The monoisotopic (exact) mass is 113 g/mol. The van der Waals surface area contributed by atoms with E-state index in [0.717, 1.165) is 0 Å². The Morgan fingerprint density at radius 2 is 2.57 bits per heavy atom. The lowest BCUT2D eigenvalue weighted by Crippen LogP contribution is -1.63. The van der Waals surface area contributed by atoms with Crippen LogP contribution in [0.15, 0.2) is 22.9 Å². The normalized spacial score (nSPS) is 8.57. The van der Waals surface area contributed by atoms with Crippen molar-refractivity contribution in [2.45, 2.75) is 0 Å². The summed E-state index contributed by atoms with van der Waals surface area (Å²) in [6, 6.07) is 3.40. The van der Waals surface area contributed by atoms with Gasteiger partial charge in [0.2, 0.25) is 4.71 Å².